The van der Waals surface area contributed by atoms with E-state index in [1.807, 2.05) is 235 Å². The maximum atomic E-state index is 13.7. The minimum atomic E-state index is -1.05. The first-order chi connectivity index (χ1) is 42.5. The number of esters is 3. The van der Waals surface area contributed by atoms with Crippen LogP contribution in [0.25, 0.3) is 0 Å². The van der Waals surface area contributed by atoms with Crippen LogP contribution in [0.15, 0.2) is 190 Å². The van der Waals surface area contributed by atoms with E-state index in [1.165, 1.54) is 0 Å². The predicted octanol–water partition coefficient (Wildman–Crippen LogP) is 14.5. The first kappa shape index (κ1) is 71.1. The normalized spacial score (nSPS) is 21.8. The predicted molar refractivity (Wildman–Crippen MR) is 353 cm³/mol. The highest BCUT2D eigenvalue weighted by molar-refractivity contribution is 5.94. The van der Waals surface area contributed by atoms with E-state index in [9.17, 15) is 28.8 Å². The molecule has 482 valence electrons. The molecular formula is C76H97N3O11. The van der Waals surface area contributed by atoms with Crippen LogP contribution in [0.5, 0.6) is 0 Å². The highest BCUT2D eigenvalue weighted by Crippen LogP contribution is 2.48. The molecule has 3 amide bonds. The molecule has 8 atom stereocenters. The van der Waals surface area contributed by atoms with Crippen molar-refractivity contribution in [2.45, 2.75) is 157 Å². The van der Waals surface area contributed by atoms with Crippen molar-refractivity contribution >= 4 is 35.6 Å². The van der Waals surface area contributed by atoms with Crippen LogP contribution in [0.2, 0.25) is 0 Å². The van der Waals surface area contributed by atoms with Gasteiger partial charge in [-0.25, -0.2) is 0 Å². The number of amides is 3. The second-order valence-corrected chi connectivity index (χ2v) is 27.1. The van der Waals surface area contributed by atoms with E-state index in [0.717, 1.165) is 27.8 Å². The molecule has 0 aromatic heterocycles. The van der Waals surface area contributed by atoms with Crippen LogP contribution in [0, 0.1) is 28.1 Å². The molecule has 90 heavy (non-hydrogen) atoms. The molecule has 0 spiro atoms. The smallest absolute Gasteiger partial charge is 0.315 e. The largest absolute Gasteiger partial charge is 0.459 e. The van der Waals surface area contributed by atoms with Crippen LogP contribution in [0.4, 0.5) is 0 Å². The van der Waals surface area contributed by atoms with Gasteiger partial charge in [-0.05, 0) is 130 Å². The molecule has 14 nitrogen and oxygen atoms in total. The van der Waals surface area contributed by atoms with E-state index in [2.05, 4.69) is 19.7 Å². The number of hydrogen-bond acceptors (Lipinski definition) is 11. The lowest BCUT2D eigenvalue weighted by Crippen LogP contribution is -2.45. The maximum Gasteiger partial charge on any atom is 0.315 e. The summed E-state index contributed by atoms with van der Waals surface area (Å²) in [6.45, 7) is 36.0. The summed E-state index contributed by atoms with van der Waals surface area (Å²) in [5.74, 6) is -2.57. The third-order valence-corrected chi connectivity index (χ3v) is 16.7. The quantitative estimate of drug-likeness (QED) is 0.0348. The second-order valence-electron chi connectivity index (χ2n) is 27.1. The Hall–Kier alpha value is -7.94. The van der Waals surface area contributed by atoms with Crippen molar-refractivity contribution in [2.75, 3.05) is 32.8 Å². The van der Waals surface area contributed by atoms with Gasteiger partial charge in [-0.1, -0.05) is 170 Å². The van der Waals surface area contributed by atoms with Crippen LogP contribution in [-0.4, -0.2) is 100.0 Å². The Balaban J connectivity index is 0.000000218. The standard InChI is InChI=1S/2C28H35NO4.C20H27NO3/c2*1-6-17-28(26(31)33-27(3,4)5)20-29(21(2)23-15-11-8-12-16-23)25(30)24(28)19-32-18-22-13-9-7-10-14-22;1-6-12-20(18(23)24-19(3,4)5)13-17(22)21(14-20)15(2)16-10-8-7-9-11-16/h2*6-16,21,24H,1,17-20H2,2-5H3;6-11,15H,1,12-14H2,2-5H3/t21-,24+,28-;21-,24-,28-;15-,20+/m111/s1. The number of nitrogens with zero attached hydrogens (tertiary/aromatic N) is 3. The number of carbonyl (C=O) groups is 6. The summed E-state index contributed by atoms with van der Waals surface area (Å²) < 4.78 is 29.3. The molecular weight excluding hydrogens is 1130 g/mol. The molecule has 14 heteroatoms. The molecule has 0 bridgehead atoms. The molecule has 3 heterocycles. The molecule has 5 aromatic carbocycles. The summed E-state index contributed by atoms with van der Waals surface area (Å²) in [6, 6.07) is 48.8. The van der Waals surface area contributed by atoms with Crippen molar-refractivity contribution in [2.24, 2.45) is 28.1 Å². The summed E-state index contributed by atoms with van der Waals surface area (Å²) in [5.41, 5.74) is 0.295. The van der Waals surface area contributed by atoms with Crippen molar-refractivity contribution < 1.29 is 52.5 Å². The van der Waals surface area contributed by atoms with E-state index in [1.54, 1.807) is 32.9 Å². The highest BCUT2D eigenvalue weighted by atomic mass is 16.6. The first-order valence-corrected chi connectivity index (χ1v) is 31.4. The second kappa shape index (κ2) is 31.2. The van der Waals surface area contributed by atoms with Crippen LogP contribution in [-0.2, 0) is 65.7 Å². The van der Waals surface area contributed by atoms with Crippen molar-refractivity contribution in [3.63, 3.8) is 0 Å². The Morgan fingerprint density at radius 2 is 0.756 bits per heavy atom. The van der Waals surface area contributed by atoms with Gasteiger partial charge >= 0.3 is 17.9 Å². The SMILES string of the molecule is C=CC[C@@]1(C(=O)OC(C)(C)C)CN([C@H](C)c2ccccc2)C(=O)[C@@H]1COCc1ccccc1.C=CC[C@@]1(C(=O)OC(C)(C)C)CN([C@H](C)c2ccccc2)C(=O)[C@H]1COCc1ccccc1.C=CC[C@]1(C(=O)OC(C)(C)C)CC(=O)N([C@H](C)c2ccccc2)C1. The lowest BCUT2D eigenvalue weighted by atomic mass is 9.75. The van der Waals surface area contributed by atoms with Gasteiger partial charge in [0.05, 0.1) is 61.8 Å². The average molecular weight is 1230 g/mol. The molecule has 3 aliphatic heterocycles. The molecule has 3 aliphatic rings. The number of allylic oxidation sites excluding steroid dienone is 3. The molecule has 3 saturated heterocycles. The fourth-order valence-corrected chi connectivity index (χ4v) is 11.9. The third-order valence-electron chi connectivity index (χ3n) is 16.7. The van der Waals surface area contributed by atoms with E-state index in [-0.39, 0.29) is 86.5 Å². The van der Waals surface area contributed by atoms with E-state index < -0.39 is 44.9 Å². The van der Waals surface area contributed by atoms with Gasteiger partial charge in [0.1, 0.15) is 27.6 Å². The monoisotopic (exact) mass is 1230 g/mol. The van der Waals surface area contributed by atoms with Crippen molar-refractivity contribution in [1.82, 2.24) is 14.7 Å². The molecule has 3 fully saturated rings. The number of ether oxygens (including phenoxy) is 5. The van der Waals surface area contributed by atoms with Crippen molar-refractivity contribution in [3.05, 3.63) is 217 Å². The van der Waals surface area contributed by atoms with Gasteiger partial charge in [-0.3, -0.25) is 28.8 Å². The Kier molecular flexibility index (Phi) is 24.7. The van der Waals surface area contributed by atoms with Crippen molar-refractivity contribution in [3.8, 4) is 0 Å². The lowest BCUT2D eigenvalue weighted by molar-refractivity contribution is -0.172. The summed E-state index contributed by atoms with van der Waals surface area (Å²) in [5, 5.41) is 0. The molecule has 0 unspecified atom stereocenters. The van der Waals surface area contributed by atoms with Gasteiger partial charge in [0.15, 0.2) is 0 Å². The Labute approximate surface area is 535 Å². The summed E-state index contributed by atoms with van der Waals surface area (Å²) in [4.78, 5) is 85.3. The van der Waals surface area contributed by atoms with Gasteiger partial charge in [-0.15, -0.1) is 19.7 Å². The number of rotatable bonds is 23. The fraction of sp³-hybridized carbons (Fsp3) is 0.447. The molecule has 0 radical (unpaired) electrons. The minimum absolute atomic E-state index is 0.0148. The highest BCUT2D eigenvalue weighted by Gasteiger charge is 2.60. The fourth-order valence-electron chi connectivity index (χ4n) is 11.9. The third kappa shape index (κ3) is 18.4. The zero-order chi connectivity index (χ0) is 66.1. The zero-order valence-electron chi connectivity index (χ0n) is 55.3. The Bertz CT molecular complexity index is 3030. The van der Waals surface area contributed by atoms with Crippen LogP contribution in [0.1, 0.15) is 155 Å². The Morgan fingerprint density at radius 3 is 1.07 bits per heavy atom. The zero-order valence-corrected chi connectivity index (χ0v) is 55.3. The lowest BCUT2D eigenvalue weighted by Gasteiger charge is -2.34. The van der Waals surface area contributed by atoms with Crippen LogP contribution in [0.3, 0.4) is 0 Å². The molecule has 5 aromatic rings. The maximum absolute atomic E-state index is 13.7. The van der Waals surface area contributed by atoms with Gasteiger partial charge < -0.3 is 38.4 Å². The van der Waals surface area contributed by atoms with Crippen LogP contribution < -0.4 is 0 Å². The van der Waals surface area contributed by atoms with Crippen LogP contribution >= 0.6 is 0 Å². The molecule has 8 rings (SSSR count). The molecule has 0 aliphatic carbocycles. The summed E-state index contributed by atoms with van der Waals surface area (Å²) in [6.07, 6.45) is 6.40. The van der Waals surface area contributed by atoms with E-state index in [4.69, 9.17) is 23.7 Å². The van der Waals surface area contributed by atoms with Crippen molar-refractivity contribution in [1.29, 1.82) is 0 Å². The number of likely N-dealkylation sites (tertiary alicyclic amines) is 3. The summed E-state index contributed by atoms with van der Waals surface area (Å²) in [7, 11) is 0. The number of benzene rings is 5. The van der Waals surface area contributed by atoms with E-state index in [0.29, 0.717) is 39.0 Å². The summed E-state index contributed by atoms with van der Waals surface area (Å²) >= 11 is 0. The molecule has 0 saturated carbocycles. The van der Waals surface area contributed by atoms with Gasteiger partial charge in [0, 0.05) is 26.1 Å². The average Bonchev–Trinajstić information content (AvgIpc) is 1.61. The topological polar surface area (TPSA) is 158 Å². The molecule has 0 N–H and O–H groups in total. The number of carbonyl (C=O) groups excluding carboxylic acids is 6. The Morgan fingerprint density at radius 1 is 0.456 bits per heavy atom. The van der Waals surface area contributed by atoms with Gasteiger partial charge in [0.25, 0.3) is 0 Å². The number of hydrogen-bond donors (Lipinski definition) is 0. The first-order valence-electron chi connectivity index (χ1n) is 31.4. The van der Waals surface area contributed by atoms with E-state index >= 15 is 0 Å². The van der Waals surface area contributed by atoms with Gasteiger partial charge in [0.2, 0.25) is 17.7 Å². The van der Waals surface area contributed by atoms with Gasteiger partial charge in [-0.2, -0.15) is 0 Å². The minimum Gasteiger partial charge on any atom is -0.459 e.